The molecule has 0 bridgehead atoms. The molecule has 1 aromatic rings. The van der Waals surface area contributed by atoms with E-state index in [1.807, 2.05) is 0 Å². The van der Waals surface area contributed by atoms with Crippen molar-refractivity contribution in [1.29, 1.82) is 0 Å². The lowest BCUT2D eigenvalue weighted by Crippen LogP contribution is -2.53. The minimum atomic E-state index is -0.775. The van der Waals surface area contributed by atoms with Crippen LogP contribution >= 0.6 is 15.9 Å². The lowest BCUT2D eigenvalue weighted by Gasteiger charge is -2.29. The van der Waals surface area contributed by atoms with Gasteiger partial charge in [0, 0.05) is 31.2 Å². The fraction of sp³-hybridized carbons (Fsp3) is 0.200. The molecule has 2 aliphatic rings. The first-order chi connectivity index (χ1) is 10.8. The fourth-order valence-corrected chi connectivity index (χ4v) is 3.04. The van der Waals surface area contributed by atoms with Gasteiger partial charge in [0.15, 0.2) is 0 Å². The molecule has 1 aromatic carbocycles. The second-order valence-electron chi connectivity index (χ2n) is 5.29. The van der Waals surface area contributed by atoms with Crippen LogP contribution in [0.3, 0.4) is 0 Å². The predicted molar refractivity (Wildman–Crippen MR) is 85.4 cm³/mol. The number of rotatable bonds is 0. The van der Waals surface area contributed by atoms with Crippen LogP contribution in [0.4, 0.5) is 10.5 Å². The van der Waals surface area contributed by atoms with Crippen LogP contribution < -0.4 is 4.90 Å². The Morgan fingerprint density at radius 1 is 0.783 bits per heavy atom. The monoisotopic (exact) mass is 377 g/mol. The molecule has 0 saturated carbocycles. The average molecular weight is 378 g/mol. The van der Waals surface area contributed by atoms with Crippen LogP contribution in [-0.4, -0.2) is 54.7 Å². The summed E-state index contributed by atoms with van der Waals surface area (Å²) < 4.78 is 0.714. The van der Waals surface area contributed by atoms with Gasteiger partial charge in [0.2, 0.25) is 0 Å². The number of barbiturate groups is 1. The van der Waals surface area contributed by atoms with Gasteiger partial charge in [-0.2, -0.15) is 0 Å². The molecule has 0 spiro atoms. The molecule has 0 radical (unpaired) electrons. The molecule has 1 fully saturated rings. The predicted octanol–water partition coefficient (Wildman–Crippen LogP) is 1.23. The van der Waals surface area contributed by atoms with Gasteiger partial charge in [-0.3, -0.25) is 24.2 Å². The second kappa shape index (κ2) is 5.02. The number of anilines is 1. The third-order valence-corrected chi connectivity index (χ3v) is 4.46. The molecular formula is C15H12BrN3O4. The molecule has 0 N–H and O–H groups in total. The van der Waals surface area contributed by atoms with E-state index in [0.29, 0.717) is 15.7 Å². The molecule has 0 atom stereocenters. The van der Waals surface area contributed by atoms with Crippen molar-refractivity contribution < 1.29 is 19.2 Å². The first-order valence-electron chi connectivity index (χ1n) is 6.68. The quantitative estimate of drug-likeness (QED) is 0.503. The highest BCUT2D eigenvalue weighted by Gasteiger charge is 2.44. The number of likely N-dealkylation sites (N-methyl/N-ethyl adjacent to an activating group) is 3. The van der Waals surface area contributed by atoms with Gasteiger partial charge in [0.1, 0.15) is 5.57 Å². The molecular weight excluding hydrogens is 366 g/mol. The molecule has 0 aromatic heterocycles. The topological polar surface area (TPSA) is 78.0 Å². The molecule has 0 aliphatic carbocycles. The Balaban J connectivity index is 2.31. The Morgan fingerprint density at radius 2 is 1.30 bits per heavy atom. The Hall–Kier alpha value is -2.48. The molecule has 8 heteroatoms. The number of urea groups is 1. The van der Waals surface area contributed by atoms with E-state index < -0.39 is 23.8 Å². The van der Waals surface area contributed by atoms with Crippen molar-refractivity contribution >= 4 is 50.9 Å². The van der Waals surface area contributed by atoms with Gasteiger partial charge >= 0.3 is 6.03 Å². The molecule has 7 nitrogen and oxygen atoms in total. The first kappa shape index (κ1) is 15.4. The van der Waals surface area contributed by atoms with E-state index >= 15 is 0 Å². The summed E-state index contributed by atoms with van der Waals surface area (Å²) in [6, 6.07) is 4.44. The zero-order valence-electron chi connectivity index (χ0n) is 12.6. The number of imide groups is 2. The van der Waals surface area contributed by atoms with E-state index in [9.17, 15) is 19.2 Å². The SMILES string of the molecule is CN1C(=O)C(=C2C(=O)N(C)c3ccc(Br)cc32)C(=O)N(C)C1=O. The number of amides is 5. The molecule has 23 heavy (non-hydrogen) atoms. The van der Waals surface area contributed by atoms with Crippen molar-refractivity contribution in [3.8, 4) is 0 Å². The van der Waals surface area contributed by atoms with Gasteiger partial charge in [0.05, 0.1) is 11.3 Å². The highest BCUT2D eigenvalue weighted by Crippen LogP contribution is 2.40. The van der Waals surface area contributed by atoms with Crippen LogP contribution in [0.25, 0.3) is 5.57 Å². The maximum Gasteiger partial charge on any atom is 0.333 e. The zero-order chi connectivity index (χ0) is 17.0. The van der Waals surface area contributed by atoms with E-state index in [2.05, 4.69) is 15.9 Å². The summed E-state index contributed by atoms with van der Waals surface area (Å²) in [5.41, 5.74) is 0.816. The van der Waals surface area contributed by atoms with E-state index in [1.54, 1.807) is 25.2 Å². The summed E-state index contributed by atoms with van der Waals surface area (Å²) in [5.74, 6) is -2.00. The summed E-state index contributed by atoms with van der Waals surface area (Å²) in [6.45, 7) is 0. The van der Waals surface area contributed by atoms with Crippen molar-refractivity contribution in [2.24, 2.45) is 0 Å². The maximum atomic E-state index is 12.6. The standard InChI is InChI=1S/C15H12BrN3O4/c1-17-9-5-4-7(16)6-8(9)10(12(17)20)11-13(21)18(2)15(23)19(3)14(11)22/h4-6H,1-3H3. The third-order valence-electron chi connectivity index (χ3n) is 3.97. The number of benzene rings is 1. The van der Waals surface area contributed by atoms with Crippen molar-refractivity contribution in [1.82, 2.24) is 9.80 Å². The van der Waals surface area contributed by atoms with Gasteiger partial charge in [-0.1, -0.05) is 15.9 Å². The molecule has 0 unspecified atom stereocenters. The molecule has 5 amide bonds. The Bertz CT molecular complexity index is 804. The summed E-state index contributed by atoms with van der Waals surface area (Å²) in [7, 11) is 4.12. The Morgan fingerprint density at radius 3 is 1.87 bits per heavy atom. The largest absolute Gasteiger partial charge is 0.333 e. The van der Waals surface area contributed by atoms with E-state index in [0.717, 1.165) is 9.80 Å². The summed E-state index contributed by atoms with van der Waals surface area (Å²) in [6.07, 6.45) is 0. The van der Waals surface area contributed by atoms with Crippen LogP contribution in [-0.2, 0) is 14.4 Å². The number of hydrogen-bond acceptors (Lipinski definition) is 4. The number of hydrogen-bond donors (Lipinski definition) is 0. The van der Waals surface area contributed by atoms with Gasteiger partial charge in [-0.25, -0.2) is 4.79 Å². The van der Waals surface area contributed by atoms with Gasteiger partial charge in [0.25, 0.3) is 17.7 Å². The Kier molecular flexibility index (Phi) is 3.36. The van der Waals surface area contributed by atoms with Gasteiger partial charge in [-0.15, -0.1) is 0 Å². The lowest BCUT2D eigenvalue weighted by molar-refractivity contribution is -0.134. The molecule has 1 saturated heterocycles. The van der Waals surface area contributed by atoms with Gasteiger partial charge in [-0.05, 0) is 18.2 Å². The van der Waals surface area contributed by atoms with E-state index in [-0.39, 0.29) is 11.1 Å². The van der Waals surface area contributed by atoms with Crippen LogP contribution in [0.2, 0.25) is 0 Å². The average Bonchev–Trinajstić information content (AvgIpc) is 2.76. The van der Waals surface area contributed by atoms with E-state index in [1.165, 1.54) is 19.0 Å². The summed E-state index contributed by atoms with van der Waals surface area (Å²) in [5, 5.41) is 0. The van der Waals surface area contributed by atoms with Gasteiger partial charge < -0.3 is 4.90 Å². The number of nitrogens with zero attached hydrogens (tertiary/aromatic N) is 3. The number of halogens is 1. The lowest BCUT2D eigenvalue weighted by atomic mass is 9.98. The highest BCUT2D eigenvalue weighted by molar-refractivity contribution is 9.10. The van der Waals surface area contributed by atoms with Crippen molar-refractivity contribution in [3.05, 3.63) is 33.8 Å². The molecule has 118 valence electrons. The normalized spacial score (nSPS) is 18.3. The maximum absolute atomic E-state index is 12.6. The summed E-state index contributed by atoms with van der Waals surface area (Å²) >= 11 is 3.32. The zero-order valence-corrected chi connectivity index (χ0v) is 14.2. The van der Waals surface area contributed by atoms with Crippen LogP contribution in [0, 0.1) is 0 Å². The number of carbonyl (C=O) groups excluding carboxylic acids is 4. The second-order valence-corrected chi connectivity index (χ2v) is 6.20. The smallest absolute Gasteiger partial charge is 0.311 e. The van der Waals surface area contributed by atoms with Crippen LogP contribution in [0.15, 0.2) is 28.2 Å². The van der Waals surface area contributed by atoms with E-state index in [4.69, 9.17) is 0 Å². The Labute approximate surface area is 140 Å². The van der Waals surface area contributed by atoms with Crippen LogP contribution in [0.5, 0.6) is 0 Å². The first-order valence-corrected chi connectivity index (χ1v) is 7.47. The molecule has 2 aliphatic heterocycles. The minimum Gasteiger partial charge on any atom is -0.311 e. The summed E-state index contributed by atoms with van der Waals surface area (Å²) in [4.78, 5) is 52.3. The van der Waals surface area contributed by atoms with Crippen molar-refractivity contribution in [2.75, 3.05) is 26.0 Å². The van der Waals surface area contributed by atoms with Crippen molar-refractivity contribution in [2.45, 2.75) is 0 Å². The number of carbonyl (C=O) groups is 4. The third kappa shape index (κ3) is 2.02. The van der Waals surface area contributed by atoms with Crippen molar-refractivity contribution in [3.63, 3.8) is 0 Å². The van der Waals surface area contributed by atoms with Crippen LogP contribution in [0.1, 0.15) is 5.56 Å². The molecule has 3 rings (SSSR count). The number of fused-ring (bicyclic) bond motifs is 1. The molecule has 2 heterocycles. The fourth-order valence-electron chi connectivity index (χ4n) is 2.67. The highest BCUT2D eigenvalue weighted by atomic mass is 79.9. The minimum absolute atomic E-state index is 0.0185.